The highest BCUT2D eigenvalue weighted by molar-refractivity contribution is 5.42. The zero-order chi connectivity index (χ0) is 10.2. The predicted molar refractivity (Wildman–Crippen MR) is 55.2 cm³/mol. The lowest BCUT2D eigenvalue weighted by atomic mass is 10.0. The summed E-state index contributed by atoms with van der Waals surface area (Å²) in [5.41, 5.74) is 2.23. The maximum absolute atomic E-state index is 6.81. The van der Waals surface area contributed by atoms with Gasteiger partial charge >= 0.3 is 0 Å². The molecule has 0 spiro atoms. The molecule has 72 valence electrons. The Bertz CT molecular complexity index is 401. The molecule has 14 heavy (non-hydrogen) atoms. The Hall–Kier alpha value is -1.49. The smallest absolute Gasteiger partial charge is 0.239 e. The normalized spacial score (nSPS) is 16.9. The Morgan fingerprint density at radius 1 is 1.50 bits per heavy atom. The van der Waals surface area contributed by atoms with E-state index in [1.54, 1.807) is 0 Å². The molecule has 1 heterocycles. The van der Waals surface area contributed by atoms with Gasteiger partial charge < -0.3 is 9.58 Å². The van der Waals surface area contributed by atoms with E-state index in [9.17, 15) is 0 Å². The Balaban J connectivity index is 2.32. The number of benzene rings is 1. The molecule has 1 aliphatic rings. The van der Waals surface area contributed by atoms with E-state index in [-0.39, 0.29) is 5.60 Å². The summed E-state index contributed by atoms with van der Waals surface area (Å²) >= 11 is 0. The first-order valence-corrected chi connectivity index (χ1v) is 4.75. The maximum Gasteiger partial charge on any atom is 0.239 e. The minimum atomic E-state index is -0.0843. The van der Waals surface area contributed by atoms with E-state index in [4.69, 9.17) is 11.3 Å². The molecule has 2 rings (SSSR count). The third-order valence-corrected chi connectivity index (χ3v) is 2.39. The van der Waals surface area contributed by atoms with Crippen LogP contribution in [0.5, 0.6) is 5.75 Å². The second-order valence-corrected chi connectivity index (χ2v) is 4.30. The van der Waals surface area contributed by atoms with Crippen molar-refractivity contribution in [1.82, 2.24) is 0 Å². The summed E-state index contributed by atoms with van der Waals surface area (Å²) in [7, 11) is 0. The monoisotopic (exact) mass is 187 g/mol. The summed E-state index contributed by atoms with van der Waals surface area (Å²) in [4.78, 5) is 3.38. The van der Waals surface area contributed by atoms with Gasteiger partial charge in [-0.15, -0.1) is 0 Å². The van der Waals surface area contributed by atoms with E-state index in [0.717, 1.165) is 17.7 Å². The number of hydrogen-bond donors (Lipinski definition) is 0. The molecule has 0 amide bonds. The summed E-state index contributed by atoms with van der Waals surface area (Å²) < 4.78 is 5.75. The number of fused-ring (bicyclic) bond motifs is 1. The second-order valence-electron chi connectivity index (χ2n) is 4.30. The quantitative estimate of drug-likeness (QED) is 0.616. The summed E-state index contributed by atoms with van der Waals surface area (Å²) in [5.74, 6) is 0.976. The molecule has 0 N–H and O–H groups in total. The molecule has 0 aromatic heterocycles. The Morgan fingerprint density at radius 3 is 3.00 bits per heavy atom. The van der Waals surface area contributed by atoms with Crippen LogP contribution in [0.1, 0.15) is 25.0 Å². The van der Waals surface area contributed by atoms with Gasteiger partial charge in [0.1, 0.15) is 11.4 Å². The Labute approximate surface area is 84.3 Å². The Kier molecular flexibility index (Phi) is 1.96. The van der Waals surface area contributed by atoms with Crippen molar-refractivity contribution in [2.24, 2.45) is 0 Å². The van der Waals surface area contributed by atoms with Gasteiger partial charge in [-0.2, -0.15) is 0 Å². The largest absolute Gasteiger partial charge is 0.487 e. The van der Waals surface area contributed by atoms with Crippen molar-refractivity contribution >= 4 is 0 Å². The second kappa shape index (κ2) is 3.02. The number of hydrogen-bond acceptors (Lipinski definition) is 1. The van der Waals surface area contributed by atoms with Crippen molar-refractivity contribution in [2.45, 2.75) is 32.4 Å². The summed E-state index contributed by atoms with van der Waals surface area (Å²) in [6.07, 6.45) is 0.939. The fourth-order valence-electron chi connectivity index (χ4n) is 1.85. The summed E-state index contributed by atoms with van der Waals surface area (Å²) in [6, 6.07) is 6.03. The zero-order valence-corrected chi connectivity index (χ0v) is 8.50. The molecule has 0 fully saturated rings. The minimum Gasteiger partial charge on any atom is -0.487 e. The Morgan fingerprint density at radius 2 is 2.29 bits per heavy atom. The third-order valence-electron chi connectivity index (χ3n) is 2.39. The lowest BCUT2D eigenvalue weighted by Crippen LogP contribution is -2.24. The molecule has 0 unspecified atom stereocenters. The molecule has 2 nitrogen and oxygen atoms in total. The predicted octanol–water partition coefficient (Wildman–Crippen LogP) is 2.82. The first kappa shape index (κ1) is 9.08. The van der Waals surface area contributed by atoms with Crippen LogP contribution in [0.15, 0.2) is 18.2 Å². The highest BCUT2D eigenvalue weighted by Gasteiger charge is 2.29. The van der Waals surface area contributed by atoms with E-state index < -0.39 is 0 Å². The fraction of sp³-hybridized carbons (Fsp3) is 0.417. The van der Waals surface area contributed by atoms with Crippen molar-refractivity contribution in [3.8, 4) is 5.75 Å². The zero-order valence-electron chi connectivity index (χ0n) is 8.50. The van der Waals surface area contributed by atoms with Gasteiger partial charge in [0, 0.05) is 12.0 Å². The molecule has 2 heteroatoms. The van der Waals surface area contributed by atoms with E-state index >= 15 is 0 Å². The average Bonchev–Trinajstić information content (AvgIpc) is 2.38. The summed E-state index contributed by atoms with van der Waals surface area (Å²) in [5, 5.41) is 0. The van der Waals surface area contributed by atoms with Crippen LogP contribution in [0.2, 0.25) is 0 Å². The van der Waals surface area contributed by atoms with E-state index in [1.165, 1.54) is 5.56 Å². The molecule has 1 aromatic carbocycles. The number of ether oxygens (including phenoxy) is 1. The molecule has 1 aromatic rings. The van der Waals surface area contributed by atoms with Crippen LogP contribution < -0.4 is 4.74 Å². The molecule has 0 radical (unpaired) electrons. The van der Waals surface area contributed by atoms with Gasteiger partial charge in [0.05, 0.1) is 0 Å². The molecule has 0 aliphatic carbocycles. The van der Waals surface area contributed by atoms with Crippen molar-refractivity contribution < 1.29 is 4.74 Å². The average molecular weight is 187 g/mol. The molecule has 0 saturated heterocycles. The number of rotatable bonds is 1. The van der Waals surface area contributed by atoms with E-state index in [1.807, 2.05) is 12.1 Å². The molecular formula is C12H13NO. The van der Waals surface area contributed by atoms with Gasteiger partial charge in [-0.05, 0) is 37.6 Å². The van der Waals surface area contributed by atoms with Crippen LogP contribution in [0.4, 0.5) is 0 Å². The first-order valence-electron chi connectivity index (χ1n) is 4.75. The van der Waals surface area contributed by atoms with Gasteiger partial charge in [0.25, 0.3) is 0 Å². The topological polar surface area (TPSA) is 13.6 Å². The van der Waals surface area contributed by atoms with Crippen molar-refractivity contribution in [3.05, 3.63) is 40.7 Å². The van der Waals surface area contributed by atoms with E-state index in [2.05, 4.69) is 24.8 Å². The SMILES string of the molecule is [C-]#[N+]Cc1ccc2c(c1)CC(C)(C)O2. The van der Waals surface area contributed by atoms with Gasteiger partial charge in [-0.1, -0.05) is 0 Å². The molecule has 0 atom stereocenters. The van der Waals surface area contributed by atoms with Crippen LogP contribution in [-0.4, -0.2) is 5.60 Å². The lowest BCUT2D eigenvalue weighted by molar-refractivity contribution is 0.138. The van der Waals surface area contributed by atoms with Crippen LogP contribution in [0, 0.1) is 6.57 Å². The molecule has 0 saturated carbocycles. The number of nitrogens with zero attached hydrogens (tertiary/aromatic N) is 1. The van der Waals surface area contributed by atoms with Crippen molar-refractivity contribution in [2.75, 3.05) is 0 Å². The van der Waals surface area contributed by atoms with Gasteiger partial charge in [-0.3, -0.25) is 0 Å². The van der Waals surface area contributed by atoms with Crippen LogP contribution >= 0.6 is 0 Å². The van der Waals surface area contributed by atoms with Crippen LogP contribution in [0.3, 0.4) is 0 Å². The van der Waals surface area contributed by atoms with Crippen LogP contribution in [-0.2, 0) is 13.0 Å². The standard InChI is InChI=1S/C12H13NO/c1-12(2)7-10-6-9(8-13-3)4-5-11(10)14-12/h4-6H,7-8H2,1-2H3. The maximum atomic E-state index is 6.81. The van der Waals surface area contributed by atoms with Crippen LogP contribution in [0.25, 0.3) is 4.85 Å². The third kappa shape index (κ3) is 1.58. The molecule has 0 bridgehead atoms. The van der Waals surface area contributed by atoms with Gasteiger partial charge in [0.2, 0.25) is 6.54 Å². The van der Waals surface area contributed by atoms with Gasteiger partial charge in [0.15, 0.2) is 0 Å². The van der Waals surface area contributed by atoms with Gasteiger partial charge in [-0.25, -0.2) is 6.57 Å². The van der Waals surface area contributed by atoms with E-state index in [0.29, 0.717) is 6.54 Å². The molecule has 1 aliphatic heterocycles. The summed E-state index contributed by atoms with van der Waals surface area (Å²) in [6.45, 7) is 11.4. The van der Waals surface area contributed by atoms with Crippen molar-refractivity contribution in [3.63, 3.8) is 0 Å². The highest BCUT2D eigenvalue weighted by atomic mass is 16.5. The fourth-order valence-corrected chi connectivity index (χ4v) is 1.85. The first-order chi connectivity index (χ1) is 6.61. The highest BCUT2D eigenvalue weighted by Crippen LogP contribution is 2.35. The lowest BCUT2D eigenvalue weighted by Gasteiger charge is -2.16. The molecular weight excluding hydrogens is 174 g/mol. The minimum absolute atomic E-state index is 0.0843. The van der Waals surface area contributed by atoms with Crippen molar-refractivity contribution in [1.29, 1.82) is 0 Å².